The average Bonchev–Trinajstić information content (AvgIpc) is 2.95. The van der Waals surface area contributed by atoms with Gasteiger partial charge in [-0.15, -0.1) is 0 Å². The largest absolute Gasteiger partial charge is 0.416 e. The molecule has 0 aliphatic rings. The quantitative estimate of drug-likeness (QED) is 0.435. The van der Waals surface area contributed by atoms with E-state index in [0.717, 1.165) is 18.2 Å². The maximum atomic E-state index is 14.4. The van der Waals surface area contributed by atoms with Crippen LogP contribution in [0.25, 0.3) is 21.8 Å². The number of hydrogen-bond acceptors (Lipinski definition) is 1. The molecule has 0 saturated carbocycles. The van der Waals surface area contributed by atoms with Crippen molar-refractivity contribution in [2.24, 2.45) is 5.73 Å². The minimum absolute atomic E-state index is 0.189. The number of alkyl halides is 3. The Hall–Kier alpha value is -3.06. The highest BCUT2D eigenvalue weighted by molar-refractivity contribution is 6.31. The van der Waals surface area contributed by atoms with Crippen molar-refractivity contribution in [1.29, 1.82) is 0 Å². The average molecular weight is 420 g/mol. The first-order valence-corrected chi connectivity index (χ1v) is 8.83. The van der Waals surface area contributed by atoms with Crippen LogP contribution >= 0.6 is 11.6 Å². The lowest BCUT2D eigenvalue weighted by molar-refractivity contribution is -0.138. The first-order chi connectivity index (χ1) is 13.7. The molecule has 0 aliphatic heterocycles. The SMILES string of the molecule is NC(=O)c1cccc2c1c1[c]cc(Cl)cc1n2Cc1c(F)cccc1C(F)(F)F. The van der Waals surface area contributed by atoms with E-state index in [-0.39, 0.29) is 5.56 Å². The lowest BCUT2D eigenvalue weighted by Gasteiger charge is -2.15. The summed E-state index contributed by atoms with van der Waals surface area (Å²) in [7, 11) is 0. The van der Waals surface area contributed by atoms with Crippen molar-refractivity contribution in [3.05, 3.63) is 82.1 Å². The molecule has 8 heteroatoms. The van der Waals surface area contributed by atoms with Gasteiger partial charge in [-0.05, 0) is 42.5 Å². The van der Waals surface area contributed by atoms with Crippen LogP contribution in [0.4, 0.5) is 17.6 Å². The monoisotopic (exact) mass is 419 g/mol. The molecule has 147 valence electrons. The fourth-order valence-corrected chi connectivity index (χ4v) is 3.71. The number of nitrogens with two attached hydrogens (primary N) is 1. The fraction of sp³-hybridized carbons (Fsp3) is 0.0952. The van der Waals surface area contributed by atoms with Crippen molar-refractivity contribution in [3.8, 4) is 0 Å². The van der Waals surface area contributed by atoms with Crippen molar-refractivity contribution in [2.75, 3.05) is 0 Å². The molecule has 4 aromatic rings. The van der Waals surface area contributed by atoms with Crippen molar-refractivity contribution in [2.45, 2.75) is 12.7 Å². The van der Waals surface area contributed by atoms with Crippen LogP contribution in [-0.2, 0) is 12.7 Å². The Morgan fingerprint density at radius 2 is 1.86 bits per heavy atom. The molecule has 0 spiro atoms. The lowest BCUT2D eigenvalue weighted by atomic mass is 10.1. The number of amides is 1. The predicted octanol–water partition coefficient (Wildman–Crippen LogP) is 5.55. The molecule has 29 heavy (non-hydrogen) atoms. The summed E-state index contributed by atoms with van der Waals surface area (Å²) in [6.07, 6.45) is -4.72. The van der Waals surface area contributed by atoms with Gasteiger partial charge in [0.05, 0.1) is 23.1 Å². The minimum atomic E-state index is -4.72. The summed E-state index contributed by atoms with van der Waals surface area (Å²) < 4.78 is 56.3. The van der Waals surface area contributed by atoms with Crippen LogP contribution in [0, 0.1) is 11.9 Å². The zero-order valence-electron chi connectivity index (χ0n) is 14.6. The van der Waals surface area contributed by atoms with Crippen LogP contribution in [0.2, 0.25) is 5.02 Å². The fourth-order valence-electron chi connectivity index (χ4n) is 3.55. The molecule has 0 aliphatic carbocycles. The maximum absolute atomic E-state index is 14.4. The van der Waals surface area contributed by atoms with Crippen LogP contribution < -0.4 is 5.73 Å². The van der Waals surface area contributed by atoms with Crippen molar-refractivity contribution in [3.63, 3.8) is 0 Å². The Bertz CT molecular complexity index is 1280. The van der Waals surface area contributed by atoms with Crippen molar-refractivity contribution >= 4 is 39.3 Å². The summed E-state index contributed by atoms with van der Waals surface area (Å²) in [6.45, 7) is -0.419. The highest BCUT2D eigenvalue weighted by Crippen LogP contribution is 2.37. The summed E-state index contributed by atoms with van der Waals surface area (Å²) in [5.74, 6) is -1.67. The Morgan fingerprint density at radius 1 is 1.14 bits per heavy atom. The van der Waals surface area contributed by atoms with E-state index in [0.29, 0.717) is 26.8 Å². The molecule has 0 saturated heterocycles. The van der Waals surface area contributed by atoms with Gasteiger partial charge in [0.25, 0.3) is 0 Å². The van der Waals surface area contributed by atoms with E-state index >= 15 is 0 Å². The second-order valence-corrected chi connectivity index (χ2v) is 6.93. The van der Waals surface area contributed by atoms with Crippen molar-refractivity contribution in [1.82, 2.24) is 4.57 Å². The number of rotatable bonds is 3. The lowest BCUT2D eigenvalue weighted by Crippen LogP contribution is -2.14. The number of aromatic nitrogens is 1. The number of fused-ring (bicyclic) bond motifs is 3. The van der Waals surface area contributed by atoms with Gasteiger partial charge in [-0.3, -0.25) is 4.79 Å². The second kappa shape index (κ2) is 6.77. The van der Waals surface area contributed by atoms with E-state index in [1.54, 1.807) is 12.1 Å². The Balaban J connectivity index is 2.07. The van der Waals surface area contributed by atoms with Gasteiger partial charge in [-0.25, -0.2) is 4.39 Å². The van der Waals surface area contributed by atoms with Crippen LogP contribution in [0.3, 0.4) is 0 Å². The maximum Gasteiger partial charge on any atom is 0.416 e. The molecule has 0 fully saturated rings. The first kappa shape index (κ1) is 19.3. The Kier molecular flexibility index (Phi) is 4.50. The summed E-state index contributed by atoms with van der Waals surface area (Å²) >= 11 is 6.07. The number of nitrogens with zero attached hydrogens (tertiary/aromatic N) is 1. The molecule has 1 heterocycles. The topological polar surface area (TPSA) is 48.0 Å². The normalized spacial score (nSPS) is 12.0. The number of halogens is 5. The molecule has 2 N–H and O–H groups in total. The number of benzene rings is 3. The van der Waals surface area contributed by atoms with E-state index in [4.69, 9.17) is 17.3 Å². The van der Waals surface area contributed by atoms with E-state index in [1.165, 1.54) is 22.8 Å². The van der Waals surface area contributed by atoms with Crippen molar-refractivity contribution < 1.29 is 22.4 Å². The number of primary amides is 1. The van der Waals surface area contributed by atoms with Crippen LogP contribution in [-0.4, -0.2) is 10.5 Å². The molecule has 1 radical (unpaired) electrons. The van der Waals surface area contributed by atoms with Crippen LogP contribution in [0.5, 0.6) is 0 Å². The van der Waals surface area contributed by atoms with Gasteiger partial charge in [0.1, 0.15) is 5.82 Å². The first-order valence-electron chi connectivity index (χ1n) is 8.45. The summed E-state index contributed by atoms with van der Waals surface area (Å²) in [6, 6.07) is 13.5. The smallest absolute Gasteiger partial charge is 0.366 e. The van der Waals surface area contributed by atoms with Gasteiger partial charge in [-0.2, -0.15) is 13.2 Å². The minimum Gasteiger partial charge on any atom is -0.366 e. The summed E-state index contributed by atoms with van der Waals surface area (Å²) in [5, 5.41) is 1.19. The molecule has 0 bridgehead atoms. The zero-order chi connectivity index (χ0) is 20.9. The van der Waals surface area contributed by atoms with Gasteiger partial charge in [-0.1, -0.05) is 23.7 Å². The highest BCUT2D eigenvalue weighted by atomic mass is 35.5. The molecule has 0 atom stereocenters. The van der Waals surface area contributed by atoms with Crippen LogP contribution in [0.1, 0.15) is 21.5 Å². The van der Waals surface area contributed by atoms with E-state index in [9.17, 15) is 22.4 Å². The molecule has 0 unspecified atom stereocenters. The predicted molar refractivity (Wildman–Crippen MR) is 102 cm³/mol. The number of hydrogen-bond donors (Lipinski definition) is 1. The second-order valence-electron chi connectivity index (χ2n) is 6.49. The van der Waals surface area contributed by atoms with Gasteiger partial charge in [0, 0.05) is 26.9 Å². The van der Waals surface area contributed by atoms with Gasteiger partial charge in [0.2, 0.25) is 5.91 Å². The highest BCUT2D eigenvalue weighted by Gasteiger charge is 2.34. The van der Waals surface area contributed by atoms with E-state index < -0.39 is 35.6 Å². The van der Waals surface area contributed by atoms with Crippen LogP contribution in [0.15, 0.2) is 48.5 Å². The molecular formula is C21H12ClF4N2O. The summed E-state index contributed by atoms with van der Waals surface area (Å²) in [4.78, 5) is 11.9. The molecule has 4 rings (SSSR count). The number of carbonyl (C=O) groups excluding carboxylic acids is 1. The van der Waals surface area contributed by atoms with Gasteiger partial charge in [0.15, 0.2) is 0 Å². The standard InChI is InChI=1S/C21H12ClF4N2O/c22-11-7-8-12-18(9-11)28(17-6-1-3-13(19(12)17)20(27)29)10-14-15(21(24,25)26)4-2-5-16(14)23/h1-7,9H,10H2,(H2,27,29). The van der Waals surface area contributed by atoms with Gasteiger partial charge >= 0.3 is 6.18 Å². The third-order valence-corrected chi connectivity index (χ3v) is 4.98. The third-order valence-electron chi connectivity index (χ3n) is 4.77. The molecule has 3 aromatic carbocycles. The number of carbonyl (C=O) groups is 1. The summed E-state index contributed by atoms with van der Waals surface area (Å²) in [5.41, 5.74) is 4.92. The Labute approximate surface area is 167 Å². The third kappa shape index (κ3) is 3.21. The molecule has 1 aromatic heterocycles. The molecular weight excluding hydrogens is 408 g/mol. The van der Waals surface area contributed by atoms with E-state index in [1.807, 2.05) is 0 Å². The zero-order valence-corrected chi connectivity index (χ0v) is 15.4. The van der Waals surface area contributed by atoms with Gasteiger partial charge < -0.3 is 10.3 Å². The molecule has 1 amide bonds. The Morgan fingerprint density at radius 3 is 2.55 bits per heavy atom. The molecule has 3 nitrogen and oxygen atoms in total. The van der Waals surface area contributed by atoms with E-state index in [2.05, 4.69) is 6.07 Å².